The number of fused-ring (bicyclic) bond motifs is 1. The van der Waals surface area contributed by atoms with E-state index in [1.54, 1.807) is 0 Å². The van der Waals surface area contributed by atoms with Gasteiger partial charge >= 0.3 is 0 Å². The summed E-state index contributed by atoms with van der Waals surface area (Å²) < 4.78 is 0. The third-order valence-corrected chi connectivity index (χ3v) is 4.35. The van der Waals surface area contributed by atoms with Crippen LogP contribution in [0.15, 0.2) is 24.3 Å². The quantitative estimate of drug-likeness (QED) is 0.443. The van der Waals surface area contributed by atoms with Gasteiger partial charge in [0.05, 0.1) is 18.0 Å². The first-order chi connectivity index (χ1) is 10.3. The van der Waals surface area contributed by atoms with Crippen molar-refractivity contribution >= 4 is 35.4 Å². The Bertz CT molecular complexity index is 414. The monoisotopic (exact) mass is 418 g/mol. The van der Waals surface area contributed by atoms with E-state index >= 15 is 0 Å². The maximum Gasteiger partial charge on any atom is 0.0901 e. The zero-order chi connectivity index (χ0) is 14.9. The minimum absolute atomic E-state index is 0. The predicted octanol–water partition coefficient (Wildman–Crippen LogP) is 4.63. The molecule has 1 aromatic carbocycles. The molecule has 0 unspecified atom stereocenters. The SMILES string of the molecule is CN1CN(CCCCCCCCCCO)c2ccccc21.I. The van der Waals surface area contributed by atoms with Crippen LogP contribution in [0.4, 0.5) is 11.4 Å². The molecule has 1 aliphatic heterocycles. The summed E-state index contributed by atoms with van der Waals surface area (Å²) in [6, 6.07) is 8.70. The molecule has 0 atom stereocenters. The van der Waals surface area contributed by atoms with Crippen LogP contribution in [0, 0.1) is 0 Å². The number of hydrogen-bond acceptors (Lipinski definition) is 3. The van der Waals surface area contributed by atoms with Crippen molar-refractivity contribution in [3.05, 3.63) is 24.3 Å². The second-order valence-electron chi connectivity index (χ2n) is 6.14. The minimum Gasteiger partial charge on any atom is -0.396 e. The highest BCUT2D eigenvalue weighted by Crippen LogP contribution is 2.34. The molecule has 0 bridgehead atoms. The molecule has 0 aromatic heterocycles. The predicted molar refractivity (Wildman–Crippen MR) is 106 cm³/mol. The summed E-state index contributed by atoms with van der Waals surface area (Å²) in [5.74, 6) is 0. The lowest BCUT2D eigenvalue weighted by atomic mass is 10.1. The fourth-order valence-electron chi connectivity index (χ4n) is 3.13. The molecular formula is C18H31IN2O. The highest BCUT2D eigenvalue weighted by molar-refractivity contribution is 14.0. The summed E-state index contributed by atoms with van der Waals surface area (Å²) in [4.78, 5) is 4.83. The molecule has 1 N–H and O–H groups in total. The van der Waals surface area contributed by atoms with Crippen molar-refractivity contribution in [2.24, 2.45) is 0 Å². The number of unbranched alkanes of at least 4 members (excludes halogenated alkanes) is 7. The molecule has 0 amide bonds. The summed E-state index contributed by atoms with van der Waals surface area (Å²) in [6.45, 7) is 2.55. The molecule has 4 heteroatoms. The van der Waals surface area contributed by atoms with Crippen LogP contribution < -0.4 is 9.80 Å². The average Bonchev–Trinajstić information content (AvgIpc) is 2.83. The first-order valence-electron chi connectivity index (χ1n) is 8.49. The van der Waals surface area contributed by atoms with Crippen LogP contribution in [0.2, 0.25) is 0 Å². The van der Waals surface area contributed by atoms with Crippen LogP contribution in [0.5, 0.6) is 0 Å². The van der Waals surface area contributed by atoms with Gasteiger partial charge in [0, 0.05) is 20.2 Å². The minimum atomic E-state index is 0. The van der Waals surface area contributed by atoms with Gasteiger partial charge in [0.1, 0.15) is 0 Å². The Morgan fingerprint density at radius 3 is 2.05 bits per heavy atom. The molecule has 0 saturated heterocycles. The van der Waals surface area contributed by atoms with Crippen molar-refractivity contribution in [3.63, 3.8) is 0 Å². The van der Waals surface area contributed by atoms with E-state index in [2.05, 4.69) is 41.1 Å². The van der Waals surface area contributed by atoms with Gasteiger partial charge in [-0.3, -0.25) is 0 Å². The molecule has 126 valence electrons. The van der Waals surface area contributed by atoms with E-state index in [0.717, 1.165) is 13.1 Å². The Kier molecular flexibility index (Phi) is 9.87. The van der Waals surface area contributed by atoms with Gasteiger partial charge in [-0.05, 0) is 25.0 Å². The molecule has 1 aromatic rings. The third-order valence-electron chi connectivity index (χ3n) is 4.35. The highest BCUT2D eigenvalue weighted by atomic mass is 127. The van der Waals surface area contributed by atoms with E-state index < -0.39 is 0 Å². The molecule has 2 rings (SSSR count). The fourth-order valence-corrected chi connectivity index (χ4v) is 3.13. The molecule has 0 saturated carbocycles. The van der Waals surface area contributed by atoms with Crippen LogP contribution in [0.3, 0.4) is 0 Å². The van der Waals surface area contributed by atoms with E-state index in [-0.39, 0.29) is 24.0 Å². The van der Waals surface area contributed by atoms with Crippen LogP contribution in [0.1, 0.15) is 51.4 Å². The lowest BCUT2D eigenvalue weighted by molar-refractivity contribution is 0.282. The van der Waals surface area contributed by atoms with E-state index in [9.17, 15) is 0 Å². The Morgan fingerprint density at radius 1 is 0.864 bits per heavy atom. The molecule has 0 aliphatic carbocycles. The number of hydrogen-bond donors (Lipinski definition) is 1. The maximum absolute atomic E-state index is 8.72. The normalized spacial score (nSPS) is 13.2. The summed E-state index contributed by atoms with van der Waals surface area (Å²) >= 11 is 0. The highest BCUT2D eigenvalue weighted by Gasteiger charge is 2.21. The number of benzene rings is 1. The van der Waals surface area contributed by atoms with Crippen molar-refractivity contribution in [2.45, 2.75) is 51.4 Å². The number of nitrogens with zero attached hydrogens (tertiary/aromatic N) is 2. The summed E-state index contributed by atoms with van der Waals surface area (Å²) in [6.07, 6.45) is 10.1. The molecule has 1 heterocycles. The van der Waals surface area contributed by atoms with Gasteiger partial charge in [-0.1, -0.05) is 50.7 Å². The molecule has 1 aliphatic rings. The van der Waals surface area contributed by atoms with Crippen molar-refractivity contribution in [1.82, 2.24) is 0 Å². The lowest BCUT2D eigenvalue weighted by Gasteiger charge is -2.19. The van der Waals surface area contributed by atoms with Gasteiger partial charge in [0.2, 0.25) is 0 Å². The van der Waals surface area contributed by atoms with Gasteiger partial charge in [-0.15, -0.1) is 24.0 Å². The van der Waals surface area contributed by atoms with Gasteiger partial charge in [-0.2, -0.15) is 0 Å². The van der Waals surface area contributed by atoms with Gasteiger partial charge in [0.15, 0.2) is 0 Å². The summed E-state index contributed by atoms with van der Waals surface area (Å²) in [7, 11) is 2.17. The molecular weight excluding hydrogens is 387 g/mol. The third kappa shape index (κ3) is 5.95. The number of rotatable bonds is 10. The van der Waals surface area contributed by atoms with Crippen molar-refractivity contribution in [2.75, 3.05) is 36.7 Å². The fraction of sp³-hybridized carbons (Fsp3) is 0.667. The number of para-hydroxylation sites is 2. The molecule has 0 fully saturated rings. The van der Waals surface area contributed by atoms with Crippen LogP contribution >= 0.6 is 24.0 Å². The smallest absolute Gasteiger partial charge is 0.0901 e. The topological polar surface area (TPSA) is 26.7 Å². The Balaban J connectivity index is 0.00000242. The van der Waals surface area contributed by atoms with Gasteiger partial charge in [-0.25, -0.2) is 0 Å². The molecule has 3 nitrogen and oxygen atoms in total. The summed E-state index contributed by atoms with van der Waals surface area (Å²) in [5, 5.41) is 8.72. The average molecular weight is 418 g/mol. The molecule has 0 spiro atoms. The maximum atomic E-state index is 8.72. The summed E-state index contributed by atoms with van der Waals surface area (Å²) in [5.41, 5.74) is 2.75. The zero-order valence-corrected chi connectivity index (χ0v) is 16.2. The lowest BCUT2D eigenvalue weighted by Crippen LogP contribution is -2.28. The van der Waals surface area contributed by atoms with Crippen LogP contribution in [-0.4, -0.2) is 32.0 Å². The molecule has 0 radical (unpaired) electrons. The Morgan fingerprint density at radius 2 is 1.41 bits per heavy atom. The van der Waals surface area contributed by atoms with Gasteiger partial charge < -0.3 is 14.9 Å². The largest absolute Gasteiger partial charge is 0.396 e. The standard InChI is InChI=1S/C18H30N2O.HI/c1-19-16-20(18-13-9-8-12-17(18)19)14-10-6-4-2-3-5-7-11-15-21;/h8-9,12-13,21H,2-7,10-11,14-16H2,1H3;1H. The van der Waals surface area contributed by atoms with E-state index in [1.165, 1.54) is 62.9 Å². The number of aliphatic hydroxyl groups excluding tert-OH is 1. The van der Waals surface area contributed by atoms with Crippen molar-refractivity contribution in [3.8, 4) is 0 Å². The first kappa shape index (κ1) is 19.6. The van der Waals surface area contributed by atoms with Crippen LogP contribution in [-0.2, 0) is 0 Å². The van der Waals surface area contributed by atoms with Crippen molar-refractivity contribution < 1.29 is 5.11 Å². The van der Waals surface area contributed by atoms with Gasteiger partial charge in [0.25, 0.3) is 0 Å². The van der Waals surface area contributed by atoms with E-state index in [1.807, 2.05) is 0 Å². The number of aliphatic hydroxyl groups is 1. The second kappa shape index (κ2) is 11.1. The van der Waals surface area contributed by atoms with E-state index in [0.29, 0.717) is 6.61 Å². The zero-order valence-electron chi connectivity index (χ0n) is 13.8. The van der Waals surface area contributed by atoms with Crippen LogP contribution in [0.25, 0.3) is 0 Å². The second-order valence-corrected chi connectivity index (χ2v) is 6.14. The number of anilines is 2. The molecule has 22 heavy (non-hydrogen) atoms. The first-order valence-corrected chi connectivity index (χ1v) is 8.49. The van der Waals surface area contributed by atoms with Crippen molar-refractivity contribution in [1.29, 1.82) is 0 Å². The Labute approximate surface area is 152 Å². The Hall–Kier alpha value is -0.490. The van der Waals surface area contributed by atoms with E-state index in [4.69, 9.17) is 5.11 Å². The number of halogens is 1.